The maximum Gasteiger partial charge on any atom is 0.265 e. The molecule has 1 aliphatic rings. The minimum Gasteiger partial charge on any atom is -0.388 e. The van der Waals surface area contributed by atoms with Crippen LogP contribution in [-0.4, -0.2) is 54.9 Å². The van der Waals surface area contributed by atoms with Crippen LogP contribution in [-0.2, 0) is 6.54 Å². The molecule has 226 valence electrons. The largest absolute Gasteiger partial charge is 0.388 e. The van der Waals surface area contributed by atoms with Crippen LogP contribution in [0, 0.1) is 0 Å². The van der Waals surface area contributed by atoms with Gasteiger partial charge in [-0.05, 0) is 91.0 Å². The van der Waals surface area contributed by atoms with Crippen molar-refractivity contribution in [1.82, 2.24) is 19.3 Å². The number of piperidine rings is 1. The van der Waals surface area contributed by atoms with E-state index in [2.05, 4.69) is 25.6 Å². The second-order valence-corrected chi connectivity index (χ2v) is 12.2. The van der Waals surface area contributed by atoms with E-state index in [1.807, 2.05) is 93.6 Å². The Morgan fingerprint density at radius 1 is 0.889 bits per heavy atom. The van der Waals surface area contributed by atoms with E-state index >= 15 is 0 Å². The van der Waals surface area contributed by atoms with Gasteiger partial charge in [-0.3, -0.25) is 9.59 Å². The number of thiophene rings is 1. The molecule has 3 aromatic heterocycles. The molecule has 2 amide bonds. The van der Waals surface area contributed by atoms with Crippen molar-refractivity contribution in [3.05, 3.63) is 120 Å². The Bertz CT molecular complexity index is 1920. The summed E-state index contributed by atoms with van der Waals surface area (Å²) in [7, 11) is 0. The third-order valence-electron chi connectivity index (χ3n) is 8.17. The van der Waals surface area contributed by atoms with Gasteiger partial charge >= 0.3 is 0 Å². The van der Waals surface area contributed by atoms with Gasteiger partial charge in [-0.25, -0.2) is 9.67 Å². The standard InChI is InChI=1S/C34H31N7O3S/c42-32(24-3-8-28(9-4-24)40-16-13-34(44,14-17-40)22-39-18-15-35-23-39)38-27-7-12-30-25(20-27)21-36-41(30)29-10-5-26(6-11-29)37-33(43)31-2-1-19-45-31/h1-12,15,18-21,23,44H,13-14,16-17,22H2,(H,37,43)(H,38,42). The molecular weight excluding hydrogens is 586 g/mol. The molecule has 1 aliphatic heterocycles. The lowest BCUT2D eigenvalue weighted by molar-refractivity contribution is -0.0000790. The quantitative estimate of drug-likeness (QED) is 0.198. The number of carbonyl (C=O) groups excluding carboxylic acids is 2. The molecule has 1 fully saturated rings. The third-order valence-corrected chi connectivity index (χ3v) is 9.03. The highest BCUT2D eigenvalue weighted by molar-refractivity contribution is 7.12. The molecule has 3 N–H and O–H groups in total. The summed E-state index contributed by atoms with van der Waals surface area (Å²) >= 11 is 1.40. The molecule has 0 saturated carbocycles. The van der Waals surface area contributed by atoms with E-state index in [1.54, 1.807) is 24.8 Å². The zero-order valence-corrected chi connectivity index (χ0v) is 25.2. The monoisotopic (exact) mass is 617 g/mol. The van der Waals surface area contributed by atoms with Crippen LogP contribution in [0.25, 0.3) is 16.6 Å². The number of hydrogen-bond acceptors (Lipinski definition) is 7. The average Bonchev–Trinajstić information content (AvgIpc) is 3.85. The number of aliphatic hydroxyl groups is 1. The lowest BCUT2D eigenvalue weighted by Gasteiger charge is -2.39. The van der Waals surface area contributed by atoms with Gasteiger partial charge in [0.2, 0.25) is 0 Å². The summed E-state index contributed by atoms with van der Waals surface area (Å²) in [4.78, 5) is 32.4. The summed E-state index contributed by atoms with van der Waals surface area (Å²) in [6.45, 7) is 2.01. The first-order valence-electron chi connectivity index (χ1n) is 14.7. The van der Waals surface area contributed by atoms with Crippen LogP contribution < -0.4 is 15.5 Å². The number of rotatable bonds is 8. The molecule has 0 atom stereocenters. The molecule has 4 heterocycles. The van der Waals surface area contributed by atoms with Crippen molar-refractivity contribution in [3.63, 3.8) is 0 Å². The van der Waals surface area contributed by atoms with E-state index in [1.165, 1.54) is 11.3 Å². The number of nitrogens with one attached hydrogen (secondary N) is 2. The summed E-state index contributed by atoms with van der Waals surface area (Å²) in [6, 6.07) is 24.4. The van der Waals surface area contributed by atoms with E-state index in [4.69, 9.17) is 0 Å². The molecule has 1 saturated heterocycles. The Labute approximate surface area is 263 Å². The van der Waals surface area contributed by atoms with Gasteiger partial charge in [-0.2, -0.15) is 5.10 Å². The number of amides is 2. The van der Waals surface area contributed by atoms with E-state index in [0.717, 1.165) is 35.4 Å². The molecule has 0 bridgehead atoms. The number of imidazole rings is 1. The number of hydrogen-bond donors (Lipinski definition) is 3. The average molecular weight is 618 g/mol. The predicted octanol–water partition coefficient (Wildman–Crippen LogP) is 5.82. The Balaban J connectivity index is 0.966. The lowest BCUT2D eigenvalue weighted by Crippen LogP contribution is -2.46. The minimum absolute atomic E-state index is 0.133. The fourth-order valence-corrected chi connectivity index (χ4v) is 6.31. The number of carbonyl (C=O) groups is 2. The summed E-state index contributed by atoms with van der Waals surface area (Å²) in [5.74, 6) is -0.326. The number of fused-ring (bicyclic) bond motifs is 1. The molecule has 0 unspecified atom stereocenters. The van der Waals surface area contributed by atoms with Gasteiger partial charge in [0.05, 0.1) is 40.8 Å². The van der Waals surface area contributed by atoms with Crippen molar-refractivity contribution in [3.8, 4) is 5.69 Å². The molecule has 3 aromatic carbocycles. The number of anilines is 3. The van der Waals surface area contributed by atoms with Gasteiger partial charge in [0.25, 0.3) is 11.8 Å². The van der Waals surface area contributed by atoms with E-state index in [-0.39, 0.29) is 11.8 Å². The zero-order valence-electron chi connectivity index (χ0n) is 24.3. The van der Waals surface area contributed by atoms with Crippen molar-refractivity contribution in [2.45, 2.75) is 25.0 Å². The van der Waals surface area contributed by atoms with Gasteiger partial charge in [-0.15, -0.1) is 11.3 Å². The topological polar surface area (TPSA) is 117 Å². The highest BCUT2D eigenvalue weighted by Crippen LogP contribution is 2.29. The summed E-state index contributed by atoms with van der Waals surface area (Å²) < 4.78 is 3.74. The normalized spacial score (nSPS) is 14.4. The Morgan fingerprint density at radius 3 is 2.33 bits per heavy atom. The van der Waals surface area contributed by atoms with Crippen LogP contribution in [0.3, 0.4) is 0 Å². The summed E-state index contributed by atoms with van der Waals surface area (Å²) in [5, 5.41) is 24.2. The van der Waals surface area contributed by atoms with Crippen molar-refractivity contribution in [2.24, 2.45) is 0 Å². The third kappa shape index (κ3) is 6.21. The predicted molar refractivity (Wildman–Crippen MR) is 176 cm³/mol. The first kappa shape index (κ1) is 28.5. The van der Waals surface area contributed by atoms with Gasteiger partial charge in [0, 0.05) is 53.5 Å². The van der Waals surface area contributed by atoms with Crippen LogP contribution in [0.2, 0.25) is 0 Å². The Morgan fingerprint density at radius 2 is 1.62 bits per heavy atom. The molecule has 0 radical (unpaired) electrons. The summed E-state index contributed by atoms with van der Waals surface area (Å²) in [6.07, 6.45) is 8.41. The first-order chi connectivity index (χ1) is 21.9. The van der Waals surface area contributed by atoms with E-state index in [9.17, 15) is 14.7 Å². The molecule has 45 heavy (non-hydrogen) atoms. The SMILES string of the molecule is O=C(Nc1ccc2c(cnn2-c2ccc(NC(=O)c3cccs3)cc2)c1)c1ccc(N2CCC(O)(Cn3ccnc3)CC2)cc1. The number of nitrogens with zero attached hydrogens (tertiary/aromatic N) is 5. The van der Waals surface area contributed by atoms with Gasteiger partial charge < -0.3 is 25.2 Å². The van der Waals surface area contributed by atoms with Crippen LogP contribution in [0.15, 0.2) is 109 Å². The number of aromatic nitrogens is 4. The van der Waals surface area contributed by atoms with E-state index < -0.39 is 5.60 Å². The molecule has 6 aromatic rings. The van der Waals surface area contributed by atoms with Crippen molar-refractivity contribution in [1.29, 1.82) is 0 Å². The molecule has 11 heteroatoms. The van der Waals surface area contributed by atoms with Crippen LogP contribution >= 0.6 is 11.3 Å². The number of benzene rings is 3. The van der Waals surface area contributed by atoms with Gasteiger partial charge in [0.15, 0.2) is 0 Å². The molecule has 7 rings (SSSR count). The van der Waals surface area contributed by atoms with E-state index in [0.29, 0.717) is 41.2 Å². The maximum atomic E-state index is 13.1. The van der Waals surface area contributed by atoms with Crippen molar-refractivity contribution in [2.75, 3.05) is 28.6 Å². The molecule has 0 spiro atoms. The van der Waals surface area contributed by atoms with Gasteiger partial charge in [-0.1, -0.05) is 6.07 Å². The van der Waals surface area contributed by atoms with Crippen molar-refractivity contribution < 1.29 is 14.7 Å². The lowest BCUT2D eigenvalue weighted by atomic mass is 9.91. The summed E-state index contributed by atoms with van der Waals surface area (Å²) in [5.41, 5.74) is 3.98. The zero-order chi connectivity index (χ0) is 30.8. The molecule has 10 nitrogen and oxygen atoms in total. The maximum absolute atomic E-state index is 13.1. The fraction of sp³-hybridized carbons (Fsp3) is 0.176. The fourth-order valence-electron chi connectivity index (χ4n) is 5.69. The van der Waals surface area contributed by atoms with Crippen molar-refractivity contribution >= 4 is 51.1 Å². The Hall–Kier alpha value is -5.26. The highest BCUT2D eigenvalue weighted by atomic mass is 32.1. The first-order valence-corrected chi connectivity index (χ1v) is 15.6. The molecular formula is C34H31N7O3S. The molecule has 0 aliphatic carbocycles. The minimum atomic E-state index is -0.747. The smallest absolute Gasteiger partial charge is 0.265 e. The Kier molecular flexibility index (Phi) is 7.62. The second kappa shape index (κ2) is 12.0. The van der Waals surface area contributed by atoms with Gasteiger partial charge in [0.1, 0.15) is 0 Å². The van der Waals surface area contributed by atoms with Crippen LogP contribution in [0.4, 0.5) is 17.1 Å². The van der Waals surface area contributed by atoms with Crippen LogP contribution in [0.5, 0.6) is 0 Å². The van der Waals surface area contributed by atoms with Crippen LogP contribution in [0.1, 0.15) is 32.9 Å². The highest BCUT2D eigenvalue weighted by Gasteiger charge is 2.32. The second-order valence-electron chi connectivity index (χ2n) is 11.3.